The van der Waals surface area contributed by atoms with Crippen molar-refractivity contribution in [3.8, 4) is 0 Å². The Hall–Kier alpha value is -1.23. The SMILES string of the molecule is CN(C)/C=N/C(=O)c1ccc(Br)c(F)c1. The molecule has 0 aliphatic rings. The molecule has 0 heterocycles. The molecule has 0 bridgehead atoms. The lowest BCUT2D eigenvalue weighted by atomic mass is 10.2. The van der Waals surface area contributed by atoms with Gasteiger partial charge in [-0.05, 0) is 34.1 Å². The minimum atomic E-state index is -0.471. The highest BCUT2D eigenvalue weighted by molar-refractivity contribution is 9.10. The first-order valence-corrected chi connectivity index (χ1v) is 5.00. The quantitative estimate of drug-likeness (QED) is 0.612. The molecule has 1 aromatic carbocycles. The van der Waals surface area contributed by atoms with Crippen LogP contribution in [-0.2, 0) is 0 Å². The maximum atomic E-state index is 13.1. The Balaban J connectivity index is 2.88. The Morgan fingerprint density at radius 1 is 1.53 bits per heavy atom. The molecule has 0 aliphatic heterocycles. The van der Waals surface area contributed by atoms with E-state index >= 15 is 0 Å². The van der Waals surface area contributed by atoms with Crippen LogP contribution in [0.5, 0.6) is 0 Å². The molecule has 0 radical (unpaired) electrons. The summed E-state index contributed by atoms with van der Waals surface area (Å²) in [7, 11) is 3.50. The molecule has 0 unspecified atom stereocenters. The fourth-order valence-electron chi connectivity index (χ4n) is 0.872. The number of halogens is 2. The van der Waals surface area contributed by atoms with Crippen LogP contribution < -0.4 is 0 Å². The fourth-order valence-corrected chi connectivity index (χ4v) is 1.12. The summed E-state index contributed by atoms with van der Waals surface area (Å²) in [6.45, 7) is 0. The van der Waals surface area contributed by atoms with Crippen LogP contribution in [0.25, 0.3) is 0 Å². The molecule has 1 aromatic rings. The van der Waals surface area contributed by atoms with E-state index in [0.717, 1.165) is 6.07 Å². The lowest BCUT2D eigenvalue weighted by Crippen LogP contribution is -2.09. The van der Waals surface area contributed by atoms with Gasteiger partial charge in [-0.25, -0.2) is 4.39 Å². The zero-order valence-corrected chi connectivity index (χ0v) is 9.95. The number of aliphatic imine (C=N–C) groups is 1. The summed E-state index contributed by atoms with van der Waals surface area (Å²) >= 11 is 3.01. The molecule has 1 amide bonds. The van der Waals surface area contributed by atoms with Gasteiger partial charge in [0.15, 0.2) is 0 Å². The minimum absolute atomic E-state index is 0.230. The summed E-state index contributed by atoms with van der Waals surface area (Å²) in [5.41, 5.74) is 0.230. The zero-order chi connectivity index (χ0) is 11.4. The van der Waals surface area contributed by atoms with Crippen LogP contribution in [0.2, 0.25) is 0 Å². The second-order valence-corrected chi connectivity index (χ2v) is 4.00. The molecule has 0 N–H and O–H groups in total. The Morgan fingerprint density at radius 3 is 2.73 bits per heavy atom. The molecule has 1 rings (SSSR count). The van der Waals surface area contributed by atoms with Crippen LogP contribution in [0.15, 0.2) is 27.7 Å². The summed E-state index contributed by atoms with van der Waals surface area (Å²) < 4.78 is 13.4. The van der Waals surface area contributed by atoms with Crippen molar-refractivity contribution in [3.63, 3.8) is 0 Å². The second kappa shape index (κ2) is 5.02. The predicted molar refractivity (Wildman–Crippen MR) is 60.6 cm³/mol. The van der Waals surface area contributed by atoms with E-state index in [1.807, 2.05) is 0 Å². The lowest BCUT2D eigenvalue weighted by Gasteiger charge is -2.02. The van der Waals surface area contributed by atoms with Gasteiger partial charge in [0.1, 0.15) is 5.82 Å². The van der Waals surface area contributed by atoms with Crippen molar-refractivity contribution >= 4 is 28.2 Å². The van der Waals surface area contributed by atoms with E-state index in [9.17, 15) is 9.18 Å². The normalized spacial score (nSPS) is 10.7. The Bertz CT molecular complexity index is 404. The van der Waals surface area contributed by atoms with E-state index in [2.05, 4.69) is 20.9 Å². The number of nitrogens with zero attached hydrogens (tertiary/aromatic N) is 2. The van der Waals surface area contributed by atoms with Crippen LogP contribution in [0.1, 0.15) is 10.4 Å². The number of hydrogen-bond donors (Lipinski definition) is 0. The second-order valence-electron chi connectivity index (χ2n) is 3.14. The van der Waals surface area contributed by atoms with Crippen LogP contribution >= 0.6 is 15.9 Å². The highest BCUT2D eigenvalue weighted by Crippen LogP contribution is 2.16. The third-order valence-electron chi connectivity index (χ3n) is 1.57. The average Bonchev–Trinajstić information content (AvgIpc) is 2.18. The zero-order valence-electron chi connectivity index (χ0n) is 8.37. The van der Waals surface area contributed by atoms with Gasteiger partial charge in [-0.3, -0.25) is 4.79 Å². The van der Waals surface area contributed by atoms with Crippen molar-refractivity contribution in [3.05, 3.63) is 34.1 Å². The van der Waals surface area contributed by atoms with Crippen LogP contribution in [-0.4, -0.2) is 31.2 Å². The molecular weight excluding hydrogens is 263 g/mol. The molecule has 0 atom stereocenters. The Morgan fingerprint density at radius 2 is 2.20 bits per heavy atom. The van der Waals surface area contributed by atoms with Crippen LogP contribution in [0.3, 0.4) is 0 Å². The molecule has 0 spiro atoms. The third-order valence-corrected chi connectivity index (χ3v) is 2.22. The predicted octanol–water partition coefficient (Wildman–Crippen LogP) is 2.32. The first-order chi connectivity index (χ1) is 7.00. The molecule has 0 saturated carbocycles. The molecule has 15 heavy (non-hydrogen) atoms. The molecule has 80 valence electrons. The first-order valence-electron chi connectivity index (χ1n) is 4.20. The molecule has 0 aromatic heterocycles. The van der Waals surface area contributed by atoms with Crippen LogP contribution in [0.4, 0.5) is 4.39 Å². The topological polar surface area (TPSA) is 32.7 Å². The monoisotopic (exact) mass is 272 g/mol. The summed E-state index contributed by atoms with van der Waals surface area (Å²) in [6, 6.07) is 4.15. The summed E-state index contributed by atoms with van der Waals surface area (Å²) in [5.74, 6) is -0.934. The maximum Gasteiger partial charge on any atom is 0.278 e. The third kappa shape index (κ3) is 3.43. The van der Waals surface area contributed by atoms with E-state index in [-0.39, 0.29) is 5.56 Å². The molecule has 0 aliphatic carbocycles. The fraction of sp³-hybridized carbons (Fsp3) is 0.200. The molecule has 0 saturated heterocycles. The summed E-state index contributed by atoms with van der Waals surface area (Å²) in [6.07, 6.45) is 1.38. The minimum Gasteiger partial charge on any atom is -0.369 e. The molecule has 5 heteroatoms. The largest absolute Gasteiger partial charge is 0.369 e. The average molecular weight is 273 g/mol. The summed E-state index contributed by atoms with van der Waals surface area (Å²) in [5, 5.41) is 0. The van der Waals surface area contributed by atoms with E-state index in [4.69, 9.17) is 0 Å². The van der Waals surface area contributed by atoms with Crippen molar-refractivity contribution in [2.24, 2.45) is 4.99 Å². The maximum absolute atomic E-state index is 13.1. The Kier molecular flexibility index (Phi) is 3.96. The highest BCUT2D eigenvalue weighted by atomic mass is 79.9. The lowest BCUT2D eigenvalue weighted by molar-refractivity contribution is 0.100. The Labute approximate surface area is 95.7 Å². The molecular formula is C10H10BrFN2O. The summed E-state index contributed by atoms with van der Waals surface area (Å²) in [4.78, 5) is 16.7. The van der Waals surface area contributed by atoms with Gasteiger partial charge in [-0.1, -0.05) is 0 Å². The van der Waals surface area contributed by atoms with Gasteiger partial charge in [-0.15, -0.1) is 0 Å². The van der Waals surface area contributed by atoms with Crippen molar-refractivity contribution in [2.75, 3.05) is 14.1 Å². The highest BCUT2D eigenvalue weighted by Gasteiger charge is 2.06. The van der Waals surface area contributed by atoms with Crippen molar-refractivity contribution in [1.82, 2.24) is 4.90 Å². The van der Waals surface area contributed by atoms with Gasteiger partial charge in [0.2, 0.25) is 0 Å². The van der Waals surface area contributed by atoms with E-state index in [1.54, 1.807) is 19.0 Å². The van der Waals surface area contributed by atoms with Gasteiger partial charge in [-0.2, -0.15) is 4.99 Å². The van der Waals surface area contributed by atoms with Gasteiger partial charge >= 0.3 is 0 Å². The number of hydrogen-bond acceptors (Lipinski definition) is 1. The number of carbonyl (C=O) groups excluding carboxylic acids is 1. The smallest absolute Gasteiger partial charge is 0.278 e. The standard InChI is InChI=1S/C10H10BrFN2O/c1-14(2)6-13-10(15)7-3-4-8(11)9(12)5-7/h3-6H,1-2H3/b13-6+. The van der Waals surface area contributed by atoms with Crippen molar-refractivity contribution < 1.29 is 9.18 Å². The first kappa shape index (κ1) is 11.8. The van der Waals surface area contributed by atoms with E-state index in [1.165, 1.54) is 18.5 Å². The number of carbonyl (C=O) groups is 1. The number of amides is 1. The van der Waals surface area contributed by atoms with Crippen molar-refractivity contribution in [1.29, 1.82) is 0 Å². The molecule has 0 fully saturated rings. The van der Waals surface area contributed by atoms with E-state index in [0.29, 0.717) is 4.47 Å². The van der Waals surface area contributed by atoms with Crippen LogP contribution in [0, 0.1) is 5.82 Å². The molecule has 3 nitrogen and oxygen atoms in total. The van der Waals surface area contributed by atoms with Gasteiger partial charge < -0.3 is 4.90 Å². The van der Waals surface area contributed by atoms with Gasteiger partial charge in [0.25, 0.3) is 5.91 Å². The van der Waals surface area contributed by atoms with Gasteiger partial charge in [0, 0.05) is 19.7 Å². The number of benzene rings is 1. The number of rotatable bonds is 2. The van der Waals surface area contributed by atoms with Gasteiger partial charge in [0.05, 0.1) is 10.8 Å². The van der Waals surface area contributed by atoms with Crippen molar-refractivity contribution in [2.45, 2.75) is 0 Å². The van der Waals surface area contributed by atoms with E-state index < -0.39 is 11.7 Å².